The highest BCUT2D eigenvalue weighted by molar-refractivity contribution is 6.31. The maximum Gasteiger partial charge on any atom is 0.417 e. The molecule has 8 heteroatoms. The van der Waals surface area contributed by atoms with Gasteiger partial charge in [-0.15, -0.1) is 0 Å². The summed E-state index contributed by atoms with van der Waals surface area (Å²) in [5, 5.41) is 9.92. The van der Waals surface area contributed by atoms with Crippen molar-refractivity contribution in [3.8, 4) is 28.2 Å². The lowest BCUT2D eigenvalue weighted by Gasteiger charge is -2.10. The van der Waals surface area contributed by atoms with E-state index in [0.29, 0.717) is 5.56 Å². The third-order valence-corrected chi connectivity index (χ3v) is 3.72. The molecule has 0 bridgehead atoms. The SMILES string of the molecule is Nc1oc(-c2cccnc2)c(O)c1-c1ccc(Cl)c(C(F)(F)F)c1. The molecule has 124 valence electrons. The van der Waals surface area contributed by atoms with Gasteiger partial charge in [0, 0.05) is 18.0 Å². The summed E-state index contributed by atoms with van der Waals surface area (Å²) in [4.78, 5) is 3.89. The van der Waals surface area contributed by atoms with Crippen LogP contribution in [0.3, 0.4) is 0 Å². The number of nitrogens with zero attached hydrogens (tertiary/aromatic N) is 1. The molecule has 0 aliphatic rings. The fourth-order valence-electron chi connectivity index (χ4n) is 2.31. The molecule has 2 heterocycles. The number of nitrogen functional groups attached to an aromatic ring is 1. The lowest BCUT2D eigenvalue weighted by molar-refractivity contribution is -0.137. The average molecular weight is 355 g/mol. The lowest BCUT2D eigenvalue weighted by atomic mass is 10.0. The first-order valence-electron chi connectivity index (χ1n) is 6.67. The second-order valence-corrected chi connectivity index (χ2v) is 5.36. The van der Waals surface area contributed by atoms with E-state index in [1.165, 1.54) is 18.5 Å². The number of pyridine rings is 1. The highest BCUT2D eigenvalue weighted by Crippen LogP contribution is 2.46. The van der Waals surface area contributed by atoms with Gasteiger partial charge in [0.15, 0.2) is 11.5 Å². The normalized spacial score (nSPS) is 11.7. The van der Waals surface area contributed by atoms with E-state index in [9.17, 15) is 18.3 Å². The van der Waals surface area contributed by atoms with Crippen molar-refractivity contribution < 1.29 is 22.7 Å². The number of rotatable bonds is 2. The third-order valence-electron chi connectivity index (χ3n) is 3.39. The highest BCUT2D eigenvalue weighted by atomic mass is 35.5. The van der Waals surface area contributed by atoms with Crippen molar-refractivity contribution in [2.45, 2.75) is 6.18 Å². The molecule has 0 fully saturated rings. The van der Waals surface area contributed by atoms with Gasteiger partial charge in [-0.1, -0.05) is 17.7 Å². The first-order chi connectivity index (χ1) is 11.3. The van der Waals surface area contributed by atoms with E-state index >= 15 is 0 Å². The van der Waals surface area contributed by atoms with Gasteiger partial charge in [0.2, 0.25) is 5.88 Å². The quantitative estimate of drug-likeness (QED) is 0.681. The fourth-order valence-corrected chi connectivity index (χ4v) is 2.53. The Bertz CT molecular complexity index is 892. The standard InChI is InChI=1S/C16H10ClF3N2O2/c17-11-4-3-8(6-10(11)16(18,19)20)12-13(23)14(24-15(12)21)9-2-1-5-22-7-9/h1-7,23H,21H2. The van der Waals surface area contributed by atoms with E-state index in [0.717, 1.165) is 12.1 Å². The zero-order chi connectivity index (χ0) is 17.5. The molecule has 0 saturated heterocycles. The van der Waals surface area contributed by atoms with Crippen LogP contribution in [0, 0.1) is 0 Å². The molecular formula is C16H10ClF3N2O2. The van der Waals surface area contributed by atoms with Gasteiger partial charge >= 0.3 is 6.18 Å². The van der Waals surface area contributed by atoms with Crippen LogP contribution < -0.4 is 5.73 Å². The van der Waals surface area contributed by atoms with Crippen molar-refractivity contribution in [1.82, 2.24) is 4.98 Å². The van der Waals surface area contributed by atoms with E-state index < -0.39 is 16.8 Å². The Labute approximate surface area is 139 Å². The van der Waals surface area contributed by atoms with Gasteiger partial charge in [0.25, 0.3) is 0 Å². The second kappa shape index (κ2) is 5.76. The van der Waals surface area contributed by atoms with Crippen molar-refractivity contribution in [3.63, 3.8) is 0 Å². The average Bonchev–Trinajstić information content (AvgIpc) is 2.83. The molecule has 0 amide bonds. The van der Waals surface area contributed by atoms with E-state index in [4.69, 9.17) is 21.8 Å². The number of halogens is 4. The summed E-state index contributed by atoms with van der Waals surface area (Å²) in [5.41, 5.74) is 5.18. The summed E-state index contributed by atoms with van der Waals surface area (Å²) in [5.74, 6) is -0.545. The van der Waals surface area contributed by atoms with E-state index in [1.807, 2.05) is 0 Å². The molecule has 0 unspecified atom stereocenters. The van der Waals surface area contributed by atoms with Gasteiger partial charge < -0.3 is 15.3 Å². The van der Waals surface area contributed by atoms with Gasteiger partial charge in [-0.05, 0) is 29.8 Å². The van der Waals surface area contributed by atoms with Crippen molar-refractivity contribution in [2.24, 2.45) is 0 Å². The fraction of sp³-hybridized carbons (Fsp3) is 0.0625. The van der Waals surface area contributed by atoms with E-state index in [2.05, 4.69) is 4.98 Å². The highest BCUT2D eigenvalue weighted by Gasteiger charge is 2.34. The van der Waals surface area contributed by atoms with E-state index in [1.54, 1.807) is 12.1 Å². The minimum absolute atomic E-state index is 0.0270. The molecular weight excluding hydrogens is 345 g/mol. The molecule has 0 radical (unpaired) electrons. The summed E-state index contributed by atoms with van der Waals surface area (Å²) in [6, 6.07) is 6.48. The van der Waals surface area contributed by atoms with Crippen LogP contribution >= 0.6 is 11.6 Å². The molecule has 24 heavy (non-hydrogen) atoms. The smallest absolute Gasteiger partial charge is 0.417 e. The van der Waals surface area contributed by atoms with Gasteiger partial charge in [0.1, 0.15) is 0 Å². The number of aromatic hydroxyl groups is 1. The summed E-state index contributed by atoms with van der Waals surface area (Å²) >= 11 is 5.60. The molecule has 3 rings (SSSR count). The molecule has 3 aromatic rings. The van der Waals surface area contributed by atoms with Crippen LogP contribution in [0.15, 0.2) is 47.1 Å². The van der Waals surface area contributed by atoms with Crippen LogP contribution in [0.1, 0.15) is 5.56 Å². The predicted octanol–water partition coefficient (Wildman–Crippen LogP) is 4.97. The molecule has 4 nitrogen and oxygen atoms in total. The molecule has 0 saturated carbocycles. The van der Waals surface area contributed by atoms with Crippen molar-refractivity contribution in [3.05, 3.63) is 53.3 Å². The van der Waals surface area contributed by atoms with Crippen LogP contribution in [0.5, 0.6) is 5.75 Å². The molecule has 0 aliphatic carbocycles. The Balaban J connectivity index is 2.17. The summed E-state index contributed by atoms with van der Waals surface area (Å²) in [6.07, 6.45) is -1.67. The zero-order valence-corrected chi connectivity index (χ0v) is 12.7. The Kier molecular flexibility index (Phi) is 3.88. The number of furan rings is 1. The number of hydrogen-bond acceptors (Lipinski definition) is 4. The third kappa shape index (κ3) is 2.78. The number of alkyl halides is 3. The maximum absolute atomic E-state index is 13.0. The second-order valence-electron chi connectivity index (χ2n) is 4.95. The van der Waals surface area contributed by atoms with Crippen LogP contribution in [0.25, 0.3) is 22.5 Å². The van der Waals surface area contributed by atoms with Crippen LogP contribution in [-0.4, -0.2) is 10.1 Å². The van der Waals surface area contributed by atoms with Gasteiger partial charge in [-0.2, -0.15) is 13.2 Å². The van der Waals surface area contributed by atoms with Gasteiger partial charge in [0.05, 0.1) is 16.1 Å². The summed E-state index contributed by atoms with van der Waals surface area (Å²) in [7, 11) is 0. The zero-order valence-electron chi connectivity index (χ0n) is 11.9. The number of anilines is 1. The maximum atomic E-state index is 13.0. The molecule has 0 aliphatic heterocycles. The molecule has 0 atom stereocenters. The molecule has 3 N–H and O–H groups in total. The van der Waals surface area contributed by atoms with Crippen LogP contribution in [0.2, 0.25) is 5.02 Å². The molecule has 2 aromatic heterocycles. The van der Waals surface area contributed by atoms with Gasteiger partial charge in [-0.25, -0.2) is 0 Å². The van der Waals surface area contributed by atoms with E-state index in [-0.39, 0.29) is 28.5 Å². The van der Waals surface area contributed by atoms with Crippen molar-refractivity contribution >= 4 is 17.5 Å². The van der Waals surface area contributed by atoms with Crippen molar-refractivity contribution in [1.29, 1.82) is 0 Å². The first kappa shape index (κ1) is 16.2. The van der Waals surface area contributed by atoms with Crippen LogP contribution in [0.4, 0.5) is 19.1 Å². The van der Waals surface area contributed by atoms with Crippen molar-refractivity contribution in [2.75, 3.05) is 5.73 Å². The topological polar surface area (TPSA) is 72.3 Å². The largest absolute Gasteiger partial charge is 0.504 e. The Morgan fingerprint density at radius 3 is 2.54 bits per heavy atom. The summed E-state index contributed by atoms with van der Waals surface area (Å²) < 4.78 is 44.3. The predicted molar refractivity (Wildman–Crippen MR) is 83.5 cm³/mol. The summed E-state index contributed by atoms with van der Waals surface area (Å²) in [6.45, 7) is 0. The van der Waals surface area contributed by atoms with Gasteiger partial charge in [-0.3, -0.25) is 4.98 Å². The Hall–Kier alpha value is -2.67. The number of nitrogens with two attached hydrogens (primary N) is 1. The molecule has 0 spiro atoms. The number of aromatic nitrogens is 1. The monoisotopic (exact) mass is 354 g/mol. The minimum atomic E-state index is -4.63. The molecule has 1 aromatic carbocycles. The lowest BCUT2D eigenvalue weighted by Crippen LogP contribution is -2.06. The first-order valence-corrected chi connectivity index (χ1v) is 7.05. The number of hydrogen-bond donors (Lipinski definition) is 2. The minimum Gasteiger partial charge on any atom is -0.504 e. The Morgan fingerprint density at radius 1 is 1.17 bits per heavy atom. The van der Waals surface area contributed by atoms with Crippen LogP contribution in [-0.2, 0) is 6.18 Å². The number of benzene rings is 1. The Morgan fingerprint density at radius 2 is 1.92 bits per heavy atom.